The molecule has 3 aromatic rings. The smallest absolute Gasteiger partial charge is 0.426 e. The first-order chi connectivity index (χ1) is 16.7. The van der Waals surface area contributed by atoms with Gasteiger partial charge in [-0.15, -0.1) is 11.3 Å². The monoisotopic (exact) mass is 538 g/mol. The third-order valence-electron chi connectivity index (χ3n) is 6.18. The van der Waals surface area contributed by atoms with Crippen LogP contribution < -0.4 is 9.64 Å². The number of amides is 1. The van der Waals surface area contributed by atoms with Gasteiger partial charge in [0.15, 0.2) is 16.5 Å². The molecule has 3 fully saturated rings. The Balaban J connectivity index is 1.46. The van der Waals surface area contributed by atoms with E-state index in [1.54, 1.807) is 17.2 Å². The number of anilines is 1. The van der Waals surface area contributed by atoms with Gasteiger partial charge < -0.3 is 19.5 Å². The van der Waals surface area contributed by atoms with E-state index >= 15 is 0 Å². The fraction of sp³-hybridized carbons (Fsp3) is 0.542. The summed E-state index contributed by atoms with van der Waals surface area (Å²) in [5, 5.41) is 13.2. The second kappa shape index (κ2) is 8.49. The van der Waals surface area contributed by atoms with Gasteiger partial charge in [0.05, 0.1) is 16.8 Å². The summed E-state index contributed by atoms with van der Waals surface area (Å²) in [6.45, 7) is 8.66. The van der Waals surface area contributed by atoms with Crippen LogP contribution in [-0.2, 0) is 4.74 Å². The summed E-state index contributed by atoms with van der Waals surface area (Å²) in [4.78, 5) is 25.6. The zero-order valence-corrected chi connectivity index (χ0v) is 22.3. The fourth-order valence-electron chi connectivity index (χ4n) is 4.36. The standard InChI is InChI=1S/C24H28F2N4O4S2/c1-22(2,3)34-21(31)30-13-10-14(30)12-29(11-13)20-28-17-16(33-24(25,26)23(4,5)32)7-6-15(18(17)36-20)19-27-8-9-35-19/h6-9,13-14,32H,10-12H2,1-5H3. The van der Waals surface area contributed by atoms with Crippen molar-refractivity contribution in [3.05, 3.63) is 23.7 Å². The molecule has 1 aromatic carbocycles. The van der Waals surface area contributed by atoms with E-state index in [1.807, 2.05) is 26.2 Å². The first-order valence-corrected chi connectivity index (χ1v) is 13.3. The van der Waals surface area contributed by atoms with Gasteiger partial charge in [-0.1, -0.05) is 11.3 Å². The summed E-state index contributed by atoms with van der Waals surface area (Å²) >= 11 is 2.82. The van der Waals surface area contributed by atoms with E-state index in [-0.39, 0.29) is 29.4 Å². The number of hydrogen-bond acceptors (Lipinski definition) is 9. The number of aromatic nitrogens is 2. The Morgan fingerprint density at radius 3 is 2.44 bits per heavy atom. The molecule has 3 aliphatic rings. The normalized spacial score (nSPS) is 20.4. The average Bonchev–Trinajstić information content (AvgIpc) is 3.42. The number of thiazole rings is 2. The SMILES string of the molecule is CC(C)(C)OC(=O)N1C2CC1CN(c1nc3c(OC(F)(F)C(C)(C)O)ccc(-c4nccs4)c3s1)C2. The van der Waals surface area contributed by atoms with Crippen molar-refractivity contribution in [3.8, 4) is 16.3 Å². The molecular formula is C24H28F2N4O4S2. The molecule has 2 aromatic heterocycles. The molecule has 36 heavy (non-hydrogen) atoms. The number of fused-ring (bicyclic) bond motifs is 3. The highest BCUT2D eigenvalue weighted by molar-refractivity contribution is 7.23. The molecule has 1 N–H and O–H groups in total. The second-order valence-electron chi connectivity index (χ2n) is 10.6. The first-order valence-electron chi connectivity index (χ1n) is 11.6. The lowest BCUT2D eigenvalue weighted by atomic mass is 9.88. The van der Waals surface area contributed by atoms with E-state index in [9.17, 15) is 18.7 Å². The van der Waals surface area contributed by atoms with Gasteiger partial charge in [-0.3, -0.25) is 4.90 Å². The molecule has 0 radical (unpaired) electrons. The van der Waals surface area contributed by atoms with Gasteiger partial charge in [0, 0.05) is 30.2 Å². The third-order valence-corrected chi connectivity index (χ3v) is 8.13. The van der Waals surface area contributed by atoms with Crippen molar-refractivity contribution < 1.29 is 28.2 Å². The van der Waals surface area contributed by atoms with E-state index in [0.717, 1.165) is 30.8 Å². The number of aliphatic hydroxyl groups is 1. The van der Waals surface area contributed by atoms with Gasteiger partial charge in [-0.25, -0.2) is 14.8 Å². The molecule has 0 saturated carbocycles. The fourth-order valence-corrected chi connectivity index (χ4v) is 6.21. The van der Waals surface area contributed by atoms with E-state index in [2.05, 4.69) is 9.88 Å². The molecule has 0 aliphatic carbocycles. The molecule has 3 aliphatic heterocycles. The lowest BCUT2D eigenvalue weighted by Gasteiger charge is -2.55. The Labute approximate surface area is 215 Å². The highest BCUT2D eigenvalue weighted by Gasteiger charge is 2.50. The van der Waals surface area contributed by atoms with Crippen LogP contribution in [0.5, 0.6) is 5.75 Å². The highest BCUT2D eigenvalue weighted by Crippen LogP contribution is 2.45. The maximum absolute atomic E-state index is 14.6. The predicted octanol–water partition coefficient (Wildman–Crippen LogP) is 5.36. The topological polar surface area (TPSA) is 88.0 Å². The van der Waals surface area contributed by atoms with Crippen molar-refractivity contribution in [2.24, 2.45) is 0 Å². The molecule has 5 heterocycles. The molecule has 2 atom stereocenters. The van der Waals surface area contributed by atoms with Gasteiger partial charge in [0.25, 0.3) is 0 Å². The van der Waals surface area contributed by atoms with Crippen molar-refractivity contribution >= 4 is 44.1 Å². The van der Waals surface area contributed by atoms with Crippen molar-refractivity contribution in [3.63, 3.8) is 0 Å². The van der Waals surface area contributed by atoms with Crippen LogP contribution in [0.3, 0.4) is 0 Å². The zero-order chi connectivity index (χ0) is 26.0. The van der Waals surface area contributed by atoms with Crippen LogP contribution in [-0.4, -0.2) is 68.6 Å². The molecule has 2 unspecified atom stereocenters. The summed E-state index contributed by atoms with van der Waals surface area (Å²) in [7, 11) is 0. The number of piperidine rings is 1. The Kier molecular flexibility index (Phi) is 5.92. The molecule has 194 valence electrons. The maximum atomic E-state index is 14.6. The minimum absolute atomic E-state index is 0.000660. The number of alkyl halides is 2. The summed E-state index contributed by atoms with van der Waals surface area (Å²) in [5.41, 5.74) is -1.89. The largest absolute Gasteiger partial charge is 0.444 e. The third kappa shape index (κ3) is 4.50. The number of nitrogens with zero attached hydrogens (tertiary/aromatic N) is 4. The van der Waals surface area contributed by atoms with Crippen LogP contribution in [0.25, 0.3) is 20.8 Å². The van der Waals surface area contributed by atoms with Crippen molar-refractivity contribution in [1.82, 2.24) is 14.9 Å². The molecule has 2 bridgehead atoms. The van der Waals surface area contributed by atoms with Crippen LogP contribution in [0.4, 0.5) is 18.7 Å². The van der Waals surface area contributed by atoms with Crippen molar-refractivity contribution in [1.29, 1.82) is 0 Å². The van der Waals surface area contributed by atoms with E-state index < -0.39 is 17.3 Å². The summed E-state index contributed by atoms with van der Waals surface area (Å²) in [6.07, 6.45) is -1.57. The molecular weight excluding hydrogens is 510 g/mol. The number of carbonyl (C=O) groups is 1. The minimum Gasteiger partial charge on any atom is -0.444 e. The number of halogens is 2. The summed E-state index contributed by atoms with van der Waals surface area (Å²) < 4.78 is 40.5. The van der Waals surface area contributed by atoms with Crippen molar-refractivity contribution in [2.75, 3.05) is 18.0 Å². The Hall–Kier alpha value is -2.57. The van der Waals surface area contributed by atoms with Gasteiger partial charge in [0.2, 0.25) is 0 Å². The number of rotatable bonds is 5. The second-order valence-corrected chi connectivity index (χ2v) is 12.5. The van der Waals surface area contributed by atoms with Crippen LogP contribution in [0.15, 0.2) is 23.7 Å². The van der Waals surface area contributed by atoms with Gasteiger partial charge >= 0.3 is 12.2 Å². The number of benzene rings is 1. The number of carbonyl (C=O) groups excluding carboxylic acids is 1. The van der Waals surface area contributed by atoms with Gasteiger partial charge in [-0.2, -0.15) is 8.78 Å². The van der Waals surface area contributed by atoms with Gasteiger partial charge in [-0.05, 0) is 53.2 Å². The van der Waals surface area contributed by atoms with Crippen LogP contribution in [0.1, 0.15) is 41.0 Å². The Bertz CT molecular complexity index is 1270. The van der Waals surface area contributed by atoms with E-state index in [4.69, 9.17) is 14.5 Å². The molecule has 1 amide bonds. The molecule has 6 rings (SSSR count). The number of hydrogen-bond donors (Lipinski definition) is 1. The molecule has 8 nitrogen and oxygen atoms in total. The number of ether oxygens (including phenoxy) is 2. The van der Waals surface area contributed by atoms with E-state index in [0.29, 0.717) is 22.9 Å². The van der Waals surface area contributed by atoms with E-state index in [1.165, 1.54) is 28.7 Å². The zero-order valence-electron chi connectivity index (χ0n) is 20.6. The quantitative estimate of drug-likeness (QED) is 0.468. The highest BCUT2D eigenvalue weighted by atomic mass is 32.1. The predicted molar refractivity (Wildman–Crippen MR) is 135 cm³/mol. The van der Waals surface area contributed by atoms with Crippen LogP contribution >= 0.6 is 22.7 Å². The Morgan fingerprint density at radius 2 is 1.86 bits per heavy atom. The van der Waals surface area contributed by atoms with Crippen LogP contribution in [0.2, 0.25) is 0 Å². The lowest BCUT2D eigenvalue weighted by Crippen LogP contribution is -2.70. The molecule has 3 saturated heterocycles. The van der Waals surface area contributed by atoms with Gasteiger partial charge in [0.1, 0.15) is 16.1 Å². The molecule has 0 spiro atoms. The lowest BCUT2D eigenvalue weighted by molar-refractivity contribution is -0.275. The minimum atomic E-state index is -3.83. The molecule has 12 heteroatoms. The van der Waals surface area contributed by atoms with Crippen LogP contribution in [0, 0.1) is 0 Å². The average molecular weight is 539 g/mol. The summed E-state index contributed by atoms with van der Waals surface area (Å²) in [5.74, 6) is -0.113. The maximum Gasteiger partial charge on any atom is 0.426 e. The first kappa shape index (κ1) is 25.1. The summed E-state index contributed by atoms with van der Waals surface area (Å²) in [6, 6.07) is 3.13. The number of piperazine rings is 1. The Morgan fingerprint density at radius 1 is 1.17 bits per heavy atom. The van der Waals surface area contributed by atoms with Crippen molar-refractivity contribution in [2.45, 2.75) is 70.4 Å².